The number of amides is 1. The fourth-order valence-electron chi connectivity index (χ4n) is 3.28. The molecule has 3 aromatic rings. The van der Waals surface area contributed by atoms with E-state index in [1.807, 2.05) is 54.6 Å². The first-order chi connectivity index (χ1) is 14.6. The average molecular weight is 425 g/mol. The lowest BCUT2D eigenvalue weighted by Crippen LogP contribution is -2.49. The van der Waals surface area contributed by atoms with Crippen molar-refractivity contribution in [1.82, 2.24) is 10.3 Å². The number of rotatable bonds is 11. The third-order valence-corrected chi connectivity index (χ3v) is 6.03. The second-order valence-corrected chi connectivity index (χ2v) is 8.46. The van der Waals surface area contributed by atoms with Crippen LogP contribution in [0.1, 0.15) is 29.8 Å². The number of benzene rings is 2. The first kappa shape index (κ1) is 22.1. The number of ketones is 1. The van der Waals surface area contributed by atoms with E-state index in [1.54, 1.807) is 0 Å². The average Bonchev–Trinajstić information content (AvgIpc) is 3.17. The Bertz CT molecular complexity index is 941. The molecule has 7 heteroatoms. The van der Waals surface area contributed by atoms with Crippen molar-refractivity contribution in [1.29, 1.82) is 0 Å². The molecule has 1 amide bonds. The number of carbonyl (C=O) groups is 2. The molecule has 3 rings (SSSR count). The summed E-state index contributed by atoms with van der Waals surface area (Å²) >= 11 is 1.51. The Morgan fingerprint density at radius 3 is 2.50 bits per heavy atom. The van der Waals surface area contributed by atoms with Crippen molar-refractivity contribution in [2.24, 2.45) is 11.5 Å². The Hall–Kier alpha value is -2.61. The molecule has 1 aromatic heterocycles. The molecule has 0 aliphatic heterocycles. The first-order valence-electron chi connectivity index (χ1n) is 10.2. The summed E-state index contributed by atoms with van der Waals surface area (Å²) in [5, 5.41) is 3.63. The Morgan fingerprint density at radius 2 is 1.77 bits per heavy atom. The molecule has 0 saturated carbocycles. The zero-order chi connectivity index (χ0) is 21.3. The Labute approximate surface area is 180 Å². The summed E-state index contributed by atoms with van der Waals surface area (Å²) < 4.78 is 1.05. The molecule has 2 atom stereocenters. The van der Waals surface area contributed by atoms with Crippen LogP contribution < -0.4 is 16.8 Å². The van der Waals surface area contributed by atoms with Gasteiger partial charge in [-0.3, -0.25) is 9.59 Å². The zero-order valence-electron chi connectivity index (χ0n) is 16.9. The Morgan fingerprint density at radius 1 is 1.03 bits per heavy atom. The van der Waals surface area contributed by atoms with Gasteiger partial charge >= 0.3 is 0 Å². The van der Waals surface area contributed by atoms with Crippen LogP contribution in [0.25, 0.3) is 10.2 Å². The second kappa shape index (κ2) is 11.0. The molecule has 0 saturated heterocycles. The minimum absolute atomic E-state index is 0.0515. The van der Waals surface area contributed by atoms with Gasteiger partial charge in [-0.15, -0.1) is 11.3 Å². The Balaban J connectivity index is 1.69. The highest BCUT2D eigenvalue weighted by Crippen LogP contribution is 2.22. The number of hydrogen-bond donors (Lipinski definition) is 3. The van der Waals surface area contributed by atoms with E-state index in [2.05, 4.69) is 10.3 Å². The fraction of sp³-hybridized carbons (Fsp3) is 0.348. The van der Waals surface area contributed by atoms with Crippen LogP contribution in [0.15, 0.2) is 54.6 Å². The summed E-state index contributed by atoms with van der Waals surface area (Å²) in [5.74, 6) is -0.358. The van der Waals surface area contributed by atoms with Gasteiger partial charge in [-0.05, 0) is 49.9 Å². The van der Waals surface area contributed by atoms with Gasteiger partial charge in [0.2, 0.25) is 5.91 Å². The van der Waals surface area contributed by atoms with Gasteiger partial charge in [-0.25, -0.2) is 4.98 Å². The van der Waals surface area contributed by atoms with Gasteiger partial charge in [-0.2, -0.15) is 0 Å². The first-order valence-corrected chi connectivity index (χ1v) is 11.1. The number of thiazole rings is 1. The van der Waals surface area contributed by atoms with Crippen molar-refractivity contribution < 1.29 is 9.59 Å². The summed E-state index contributed by atoms with van der Waals surface area (Å²) in [5.41, 5.74) is 13.5. The number of hydrogen-bond acceptors (Lipinski definition) is 6. The van der Waals surface area contributed by atoms with E-state index in [0.29, 0.717) is 32.2 Å². The van der Waals surface area contributed by atoms with Crippen LogP contribution in [0.2, 0.25) is 0 Å². The van der Waals surface area contributed by atoms with Crippen molar-refractivity contribution in [3.05, 3.63) is 65.2 Å². The zero-order valence-corrected chi connectivity index (χ0v) is 17.7. The van der Waals surface area contributed by atoms with Gasteiger partial charge in [0.1, 0.15) is 5.01 Å². The number of nitrogens with two attached hydrogens (primary N) is 2. The van der Waals surface area contributed by atoms with E-state index in [1.165, 1.54) is 11.3 Å². The van der Waals surface area contributed by atoms with E-state index < -0.39 is 12.1 Å². The van der Waals surface area contributed by atoms with Crippen LogP contribution in [-0.4, -0.2) is 35.3 Å². The molecule has 0 bridgehead atoms. The molecule has 0 aliphatic rings. The number of nitrogens with one attached hydrogen (secondary N) is 1. The van der Waals surface area contributed by atoms with Gasteiger partial charge in [0.15, 0.2) is 5.78 Å². The number of nitrogens with zero attached hydrogens (tertiary/aromatic N) is 1. The number of Topliss-reactive ketones (excluding diaryl/α,β-unsaturated/α-hetero) is 1. The van der Waals surface area contributed by atoms with Crippen LogP contribution in [0.5, 0.6) is 0 Å². The van der Waals surface area contributed by atoms with E-state index in [0.717, 1.165) is 20.8 Å². The van der Waals surface area contributed by atoms with Crippen LogP contribution in [0.4, 0.5) is 0 Å². The molecule has 30 heavy (non-hydrogen) atoms. The highest BCUT2D eigenvalue weighted by atomic mass is 32.1. The minimum Gasteiger partial charge on any atom is -0.345 e. The van der Waals surface area contributed by atoms with Gasteiger partial charge < -0.3 is 16.8 Å². The van der Waals surface area contributed by atoms with Crippen molar-refractivity contribution in [3.63, 3.8) is 0 Å². The SMILES string of the molecule is NCCC[C@H](N)C(=O)N[C@H](CCc1ccccc1)C(=O)Cc1nc2ccccc2s1. The normalized spacial score (nSPS) is 13.1. The highest BCUT2D eigenvalue weighted by molar-refractivity contribution is 7.18. The summed E-state index contributed by atoms with van der Waals surface area (Å²) in [7, 11) is 0. The Kier molecular flexibility index (Phi) is 8.07. The predicted octanol–water partition coefficient (Wildman–Crippen LogP) is 2.59. The van der Waals surface area contributed by atoms with Crippen molar-refractivity contribution in [2.75, 3.05) is 6.54 Å². The molecule has 6 nitrogen and oxygen atoms in total. The monoisotopic (exact) mass is 424 g/mol. The third kappa shape index (κ3) is 6.19. The number of carbonyl (C=O) groups excluding carboxylic acids is 2. The van der Waals surface area contributed by atoms with E-state index in [9.17, 15) is 9.59 Å². The molecular weight excluding hydrogens is 396 g/mol. The van der Waals surface area contributed by atoms with Crippen molar-refractivity contribution >= 4 is 33.2 Å². The van der Waals surface area contributed by atoms with Gasteiger partial charge in [0.05, 0.1) is 28.7 Å². The highest BCUT2D eigenvalue weighted by Gasteiger charge is 2.24. The molecule has 0 unspecified atom stereocenters. The maximum Gasteiger partial charge on any atom is 0.237 e. The lowest BCUT2D eigenvalue weighted by atomic mass is 10.00. The molecule has 0 spiro atoms. The van der Waals surface area contributed by atoms with E-state index in [-0.39, 0.29) is 18.1 Å². The van der Waals surface area contributed by atoms with Crippen LogP contribution in [0, 0.1) is 0 Å². The molecule has 5 N–H and O–H groups in total. The summed E-state index contributed by atoms with van der Waals surface area (Å²) in [4.78, 5) is 30.2. The fourth-order valence-corrected chi connectivity index (χ4v) is 4.26. The van der Waals surface area contributed by atoms with Crippen LogP contribution in [0.3, 0.4) is 0 Å². The number of aromatic nitrogens is 1. The molecule has 0 fully saturated rings. The lowest BCUT2D eigenvalue weighted by molar-refractivity contribution is -0.128. The van der Waals surface area contributed by atoms with Crippen LogP contribution in [-0.2, 0) is 22.4 Å². The molecular formula is C23H28N4O2S. The molecule has 158 valence electrons. The van der Waals surface area contributed by atoms with E-state index >= 15 is 0 Å². The molecule has 2 aromatic carbocycles. The van der Waals surface area contributed by atoms with Gasteiger partial charge in [0, 0.05) is 0 Å². The predicted molar refractivity (Wildman–Crippen MR) is 121 cm³/mol. The summed E-state index contributed by atoms with van der Waals surface area (Å²) in [6.45, 7) is 0.481. The lowest BCUT2D eigenvalue weighted by Gasteiger charge is -2.20. The topological polar surface area (TPSA) is 111 Å². The third-order valence-electron chi connectivity index (χ3n) is 4.99. The molecule has 0 radical (unpaired) electrons. The summed E-state index contributed by atoms with van der Waals surface area (Å²) in [6.07, 6.45) is 2.57. The van der Waals surface area contributed by atoms with E-state index in [4.69, 9.17) is 11.5 Å². The maximum absolute atomic E-state index is 13.1. The quantitative estimate of drug-likeness (QED) is 0.438. The molecule has 1 heterocycles. The number of aryl methyl sites for hydroxylation is 1. The standard InChI is InChI=1S/C23H28N4O2S/c24-14-6-9-17(25)23(29)27-18(13-12-16-7-2-1-3-8-16)20(28)15-22-26-19-10-4-5-11-21(19)30-22/h1-5,7-8,10-11,17-18H,6,9,12-15,24-25H2,(H,27,29)/t17-,18+/m0/s1. The molecule has 0 aliphatic carbocycles. The van der Waals surface area contributed by atoms with Gasteiger partial charge in [-0.1, -0.05) is 42.5 Å². The van der Waals surface area contributed by atoms with Crippen LogP contribution >= 0.6 is 11.3 Å². The number of para-hydroxylation sites is 1. The maximum atomic E-state index is 13.1. The van der Waals surface area contributed by atoms with Crippen molar-refractivity contribution in [3.8, 4) is 0 Å². The largest absolute Gasteiger partial charge is 0.345 e. The summed E-state index contributed by atoms with van der Waals surface area (Å²) in [6, 6.07) is 16.5. The van der Waals surface area contributed by atoms with Gasteiger partial charge in [0.25, 0.3) is 0 Å². The number of fused-ring (bicyclic) bond motifs is 1. The second-order valence-electron chi connectivity index (χ2n) is 7.34. The van der Waals surface area contributed by atoms with Crippen molar-refractivity contribution in [2.45, 2.75) is 44.2 Å². The smallest absolute Gasteiger partial charge is 0.237 e. The minimum atomic E-state index is -0.664.